The Labute approximate surface area is 172 Å². The van der Waals surface area contributed by atoms with E-state index in [1.807, 2.05) is 25.4 Å². The van der Waals surface area contributed by atoms with Gasteiger partial charge in [-0.25, -0.2) is 14.4 Å². The van der Waals surface area contributed by atoms with Crippen molar-refractivity contribution in [3.05, 3.63) is 66.1 Å². The summed E-state index contributed by atoms with van der Waals surface area (Å²) >= 11 is 0. The van der Waals surface area contributed by atoms with Gasteiger partial charge in [-0.05, 0) is 12.0 Å². The second-order valence-electron chi connectivity index (χ2n) is 6.74. The molecular weight excluding hydrogens is 385 g/mol. The third-order valence-electron chi connectivity index (χ3n) is 4.76. The number of para-hydroxylation sites is 1. The van der Waals surface area contributed by atoms with Gasteiger partial charge in [-0.15, -0.1) is 0 Å². The molecule has 2 N–H and O–H groups in total. The molecule has 1 amide bonds. The molecule has 0 aliphatic heterocycles. The van der Waals surface area contributed by atoms with E-state index in [0.29, 0.717) is 29.7 Å². The predicted octanol–water partition coefficient (Wildman–Crippen LogP) is 2.58. The molecule has 1 aromatic carbocycles. The Hall–Kier alpha value is -3.88. The van der Waals surface area contributed by atoms with Gasteiger partial charge >= 0.3 is 0 Å². The molecule has 9 heteroatoms. The summed E-state index contributed by atoms with van der Waals surface area (Å²) in [5, 5.41) is 10.4. The first-order valence-corrected chi connectivity index (χ1v) is 9.40. The summed E-state index contributed by atoms with van der Waals surface area (Å²) in [6.07, 6.45) is 6.85. The van der Waals surface area contributed by atoms with E-state index in [4.69, 9.17) is 0 Å². The zero-order chi connectivity index (χ0) is 21.1. The van der Waals surface area contributed by atoms with Crippen LogP contribution in [0.25, 0.3) is 22.2 Å². The summed E-state index contributed by atoms with van der Waals surface area (Å²) in [7, 11) is 3.33. The summed E-state index contributed by atoms with van der Waals surface area (Å²) in [6, 6.07) is 7.29. The van der Waals surface area contributed by atoms with Gasteiger partial charge in [0, 0.05) is 43.9 Å². The van der Waals surface area contributed by atoms with Crippen LogP contribution in [0.2, 0.25) is 0 Å². The lowest BCUT2D eigenvalue weighted by Gasteiger charge is -2.11. The maximum absolute atomic E-state index is 14.2. The number of fused-ring (bicyclic) bond motifs is 1. The van der Waals surface area contributed by atoms with Gasteiger partial charge in [0.25, 0.3) is 5.91 Å². The third-order valence-corrected chi connectivity index (χ3v) is 4.76. The molecule has 8 nitrogen and oxygen atoms in total. The Kier molecular flexibility index (Phi) is 5.34. The van der Waals surface area contributed by atoms with E-state index in [2.05, 4.69) is 30.7 Å². The molecule has 0 saturated carbocycles. The summed E-state index contributed by atoms with van der Waals surface area (Å²) < 4.78 is 15.9. The van der Waals surface area contributed by atoms with Crippen LogP contribution in [-0.2, 0) is 13.5 Å². The van der Waals surface area contributed by atoms with Crippen molar-refractivity contribution >= 4 is 22.6 Å². The van der Waals surface area contributed by atoms with Crippen molar-refractivity contribution in [2.24, 2.45) is 7.05 Å². The van der Waals surface area contributed by atoms with Gasteiger partial charge in [-0.2, -0.15) is 5.10 Å². The molecule has 0 atom stereocenters. The van der Waals surface area contributed by atoms with Crippen LogP contribution < -0.4 is 10.6 Å². The van der Waals surface area contributed by atoms with Gasteiger partial charge in [-0.3, -0.25) is 14.5 Å². The third kappa shape index (κ3) is 3.82. The summed E-state index contributed by atoms with van der Waals surface area (Å²) in [4.78, 5) is 24.9. The first kappa shape index (κ1) is 19.4. The van der Waals surface area contributed by atoms with Gasteiger partial charge in [0.1, 0.15) is 12.1 Å². The van der Waals surface area contributed by atoms with Crippen molar-refractivity contribution in [1.29, 1.82) is 0 Å². The van der Waals surface area contributed by atoms with Gasteiger partial charge < -0.3 is 10.6 Å². The number of amides is 1. The fourth-order valence-electron chi connectivity index (χ4n) is 3.31. The molecule has 0 aliphatic carbocycles. The number of carbonyl (C=O) groups is 1. The largest absolute Gasteiger partial charge is 0.370 e. The number of aromatic nitrogens is 5. The van der Waals surface area contributed by atoms with Crippen LogP contribution in [0.15, 0.2) is 49.2 Å². The lowest BCUT2D eigenvalue weighted by Crippen LogP contribution is -2.20. The summed E-state index contributed by atoms with van der Waals surface area (Å²) in [6.45, 7) is 0.580. The minimum Gasteiger partial charge on any atom is -0.370 e. The molecule has 0 unspecified atom stereocenters. The molecule has 0 radical (unpaired) electrons. The molecule has 152 valence electrons. The van der Waals surface area contributed by atoms with E-state index < -0.39 is 11.7 Å². The highest BCUT2D eigenvalue weighted by Crippen LogP contribution is 2.23. The van der Waals surface area contributed by atoms with Crippen molar-refractivity contribution in [3.8, 4) is 11.3 Å². The van der Waals surface area contributed by atoms with Crippen LogP contribution in [0.5, 0.6) is 0 Å². The second-order valence-corrected chi connectivity index (χ2v) is 6.74. The Balaban J connectivity index is 1.53. The van der Waals surface area contributed by atoms with E-state index in [1.165, 1.54) is 13.4 Å². The smallest absolute Gasteiger partial charge is 0.254 e. The van der Waals surface area contributed by atoms with Gasteiger partial charge in [-0.1, -0.05) is 18.2 Å². The Morgan fingerprint density at radius 3 is 2.83 bits per heavy atom. The molecule has 0 aliphatic rings. The first-order chi connectivity index (χ1) is 14.6. The van der Waals surface area contributed by atoms with Crippen LogP contribution in [0.3, 0.4) is 0 Å². The zero-order valence-corrected chi connectivity index (χ0v) is 16.6. The molecular formula is C21H20FN7O. The number of nitrogens with zero attached hydrogens (tertiary/aromatic N) is 5. The number of hydrogen-bond acceptors (Lipinski definition) is 6. The minimum atomic E-state index is -0.638. The molecule has 0 fully saturated rings. The molecule has 0 saturated heterocycles. The van der Waals surface area contributed by atoms with Crippen molar-refractivity contribution in [2.45, 2.75) is 6.42 Å². The van der Waals surface area contributed by atoms with Crippen LogP contribution >= 0.6 is 0 Å². The van der Waals surface area contributed by atoms with Gasteiger partial charge in [0.05, 0.1) is 29.2 Å². The number of pyridine rings is 1. The topological polar surface area (TPSA) is 97.6 Å². The van der Waals surface area contributed by atoms with E-state index in [9.17, 15) is 9.18 Å². The number of anilines is 1. The number of nitrogens with one attached hydrogen (secondary N) is 2. The average molecular weight is 405 g/mol. The number of aryl methyl sites for hydroxylation is 1. The van der Waals surface area contributed by atoms with E-state index in [1.54, 1.807) is 23.0 Å². The fraction of sp³-hybridized carbons (Fsp3) is 0.190. The van der Waals surface area contributed by atoms with Crippen LogP contribution in [-0.4, -0.2) is 44.2 Å². The second kappa shape index (κ2) is 8.24. The highest BCUT2D eigenvalue weighted by molar-refractivity contribution is 6.06. The summed E-state index contributed by atoms with van der Waals surface area (Å²) in [5.41, 5.74) is 3.21. The summed E-state index contributed by atoms with van der Waals surface area (Å²) in [5.74, 6) is -0.422. The number of halogens is 1. The SMILES string of the molecule is CNC(=O)c1c(F)cnc2c(CCNc3cc(-c4cnn(C)c4)ncn3)cccc12. The van der Waals surface area contributed by atoms with Crippen molar-refractivity contribution in [2.75, 3.05) is 18.9 Å². The van der Waals surface area contributed by atoms with Crippen molar-refractivity contribution < 1.29 is 9.18 Å². The Morgan fingerprint density at radius 2 is 2.07 bits per heavy atom. The molecule has 0 spiro atoms. The highest BCUT2D eigenvalue weighted by atomic mass is 19.1. The fourth-order valence-corrected chi connectivity index (χ4v) is 3.31. The monoisotopic (exact) mass is 405 g/mol. The number of rotatable bonds is 6. The Bertz CT molecular complexity index is 1220. The normalized spacial score (nSPS) is 10.9. The van der Waals surface area contributed by atoms with E-state index in [-0.39, 0.29) is 5.56 Å². The zero-order valence-electron chi connectivity index (χ0n) is 16.6. The number of carbonyl (C=O) groups excluding carboxylic acids is 1. The van der Waals surface area contributed by atoms with E-state index >= 15 is 0 Å². The first-order valence-electron chi connectivity index (χ1n) is 9.40. The lowest BCUT2D eigenvalue weighted by molar-refractivity contribution is 0.0961. The van der Waals surface area contributed by atoms with Gasteiger partial charge in [0.2, 0.25) is 0 Å². The maximum Gasteiger partial charge on any atom is 0.254 e. The van der Waals surface area contributed by atoms with Crippen LogP contribution in [0.4, 0.5) is 10.2 Å². The molecule has 3 aromatic heterocycles. The molecule has 30 heavy (non-hydrogen) atoms. The van der Waals surface area contributed by atoms with Crippen LogP contribution in [0, 0.1) is 5.82 Å². The molecule has 4 rings (SSSR count). The maximum atomic E-state index is 14.2. The number of hydrogen-bond donors (Lipinski definition) is 2. The van der Waals surface area contributed by atoms with E-state index in [0.717, 1.165) is 23.0 Å². The standard InChI is InChI=1S/C21H20FN7O/c1-23-21(30)19-15-5-3-4-13(20(15)25-10-16(19)22)6-7-24-18-8-17(26-12-27-18)14-9-28-29(2)11-14/h3-5,8-12H,6-7H2,1-2H3,(H,23,30)(H,24,26,27). The highest BCUT2D eigenvalue weighted by Gasteiger charge is 2.17. The number of benzene rings is 1. The van der Waals surface area contributed by atoms with Crippen LogP contribution in [0.1, 0.15) is 15.9 Å². The predicted molar refractivity (Wildman–Crippen MR) is 112 cm³/mol. The van der Waals surface area contributed by atoms with Crippen molar-refractivity contribution in [3.63, 3.8) is 0 Å². The molecule has 4 aromatic rings. The van der Waals surface area contributed by atoms with Gasteiger partial charge in [0.15, 0.2) is 5.82 Å². The van der Waals surface area contributed by atoms with Crippen molar-refractivity contribution in [1.82, 2.24) is 30.0 Å². The average Bonchev–Trinajstić information content (AvgIpc) is 3.20. The lowest BCUT2D eigenvalue weighted by atomic mass is 10.0. The Morgan fingerprint density at radius 1 is 1.20 bits per heavy atom. The molecule has 0 bridgehead atoms. The molecule has 3 heterocycles. The quantitative estimate of drug-likeness (QED) is 0.512. The minimum absolute atomic E-state index is 0.00854.